The zero-order valence-electron chi connectivity index (χ0n) is 17.1. The first-order valence-electron chi connectivity index (χ1n) is 10.2. The molecule has 1 fully saturated rings. The van der Waals surface area contributed by atoms with Gasteiger partial charge in [-0.3, -0.25) is 0 Å². The van der Waals surface area contributed by atoms with Crippen molar-refractivity contribution < 1.29 is 9.32 Å². The molecule has 0 unspecified atom stereocenters. The number of hydrogen-bond donors (Lipinski definition) is 2. The van der Waals surface area contributed by atoms with Gasteiger partial charge in [0.05, 0.1) is 0 Å². The largest absolute Gasteiger partial charge is 0.338 e. The number of carbonyl (C=O) groups is 1. The molecular formula is C21H31N5O2. The maximum absolute atomic E-state index is 12.1. The first-order valence-corrected chi connectivity index (χ1v) is 10.2. The lowest BCUT2D eigenvalue weighted by atomic mass is 9.99. The van der Waals surface area contributed by atoms with Gasteiger partial charge in [-0.25, -0.2) is 4.79 Å². The maximum atomic E-state index is 12.1. The van der Waals surface area contributed by atoms with E-state index in [-0.39, 0.29) is 11.9 Å². The summed E-state index contributed by atoms with van der Waals surface area (Å²) in [4.78, 5) is 18.9. The van der Waals surface area contributed by atoms with Crippen molar-refractivity contribution >= 4 is 11.7 Å². The third kappa shape index (κ3) is 5.79. The van der Waals surface area contributed by atoms with E-state index >= 15 is 0 Å². The van der Waals surface area contributed by atoms with Crippen molar-refractivity contribution in [2.75, 3.05) is 31.5 Å². The van der Waals surface area contributed by atoms with Gasteiger partial charge in [0.1, 0.15) is 0 Å². The third-order valence-electron chi connectivity index (χ3n) is 5.16. The monoisotopic (exact) mass is 385 g/mol. The second-order valence-corrected chi connectivity index (χ2v) is 7.95. The minimum Gasteiger partial charge on any atom is -0.338 e. The Morgan fingerprint density at radius 2 is 1.96 bits per heavy atom. The van der Waals surface area contributed by atoms with E-state index in [4.69, 9.17) is 4.52 Å². The number of likely N-dealkylation sites (tertiary alicyclic amines) is 1. The van der Waals surface area contributed by atoms with Crippen LogP contribution in [0.2, 0.25) is 0 Å². The minimum atomic E-state index is -0.181. The number of piperidine rings is 1. The van der Waals surface area contributed by atoms with Crippen LogP contribution in [-0.4, -0.2) is 47.3 Å². The van der Waals surface area contributed by atoms with Crippen LogP contribution in [0.5, 0.6) is 0 Å². The zero-order valence-corrected chi connectivity index (χ0v) is 17.1. The summed E-state index contributed by atoms with van der Waals surface area (Å²) in [5.41, 5.74) is 1.57. The van der Waals surface area contributed by atoms with E-state index < -0.39 is 0 Å². The molecule has 7 nitrogen and oxygen atoms in total. The van der Waals surface area contributed by atoms with Gasteiger partial charge in [-0.2, -0.15) is 4.98 Å². The molecular weight excluding hydrogens is 354 g/mol. The standard InChI is InChI=1S/C21H31N5O2/c1-15(2)19-24-20(28-25-19)17-5-7-18(8-6-17)23-21(27)22-11-4-12-26-13-9-16(3)10-14-26/h5-8,15-16H,4,9-14H2,1-3H3,(H2,22,23,27). The van der Waals surface area contributed by atoms with E-state index in [1.807, 2.05) is 38.1 Å². The number of aromatic nitrogens is 2. The number of anilines is 1. The molecule has 28 heavy (non-hydrogen) atoms. The molecule has 7 heteroatoms. The fraction of sp³-hybridized carbons (Fsp3) is 0.571. The number of rotatable bonds is 7. The van der Waals surface area contributed by atoms with Crippen LogP contribution in [-0.2, 0) is 0 Å². The Balaban J connectivity index is 1.39. The van der Waals surface area contributed by atoms with Crippen molar-refractivity contribution in [3.63, 3.8) is 0 Å². The predicted molar refractivity (Wildman–Crippen MR) is 110 cm³/mol. The van der Waals surface area contributed by atoms with Crippen LogP contribution in [0.1, 0.15) is 51.8 Å². The van der Waals surface area contributed by atoms with Gasteiger partial charge >= 0.3 is 6.03 Å². The molecule has 2 heterocycles. The summed E-state index contributed by atoms with van der Waals surface area (Å²) >= 11 is 0. The molecule has 2 amide bonds. The molecule has 0 saturated carbocycles. The highest BCUT2D eigenvalue weighted by molar-refractivity contribution is 5.89. The van der Waals surface area contributed by atoms with Crippen LogP contribution in [0.4, 0.5) is 10.5 Å². The Kier molecular flexibility index (Phi) is 7.03. The minimum absolute atomic E-state index is 0.181. The lowest BCUT2D eigenvalue weighted by Gasteiger charge is -2.30. The lowest BCUT2D eigenvalue weighted by molar-refractivity contribution is 0.190. The molecule has 0 bridgehead atoms. The van der Waals surface area contributed by atoms with Gasteiger partial charge in [-0.05, 0) is 69.1 Å². The molecule has 1 aromatic heterocycles. The predicted octanol–water partition coefficient (Wildman–Crippen LogP) is 4.10. The average molecular weight is 386 g/mol. The summed E-state index contributed by atoms with van der Waals surface area (Å²) in [5, 5.41) is 9.75. The molecule has 2 N–H and O–H groups in total. The van der Waals surface area contributed by atoms with Crippen LogP contribution in [0, 0.1) is 5.92 Å². The van der Waals surface area contributed by atoms with Crippen LogP contribution in [0.15, 0.2) is 28.8 Å². The molecule has 0 atom stereocenters. The number of amides is 2. The van der Waals surface area contributed by atoms with E-state index in [2.05, 4.69) is 32.6 Å². The highest BCUT2D eigenvalue weighted by Gasteiger charge is 2.15. The first kappa shape index (κ1) is 20.3. The summed E-state index contributed by atoms with van der Waals surface area (Å²) in [6.07, 6.45) is 3.54. The fourth-order valence-electron chi connectivity index (χ4n) is 3.25. The molecule has 0 aliphatic carbocycles. The number of nitrogens with zero attached hydrogens (tertiary/aromatic N) is 3. The molecule has 1 aromatic carbocycles. The molecule has 1 saturated heterocycles. The number of benzene rings is 1. The molecule has 1 aliphatic heterocycles. The summed E-state index contributed by atoms with van der Waals surface area (Å²) < 4.78 is 5.29. The number of nitrogens with one attached hydrogen (secondary N) is 2. The number of urea groups is 1. The van der Waals surface area contributed by atoms with E-state index in [1.54, 1.807) is 0 Å². The summed E-state index contributed by atoms with van der Waals surface area (Å²) in [6, 6.07) is 7.22. The average Bonchev–Trinajstić information content (AvgIpc) is 3.18. The number of carbonyl (C=O) groups excluding carboxylic acids is 1. The topological polar surface area (TPSA) is 83.3 Å². The zero-order chi connectivity index (χ0) is 19.9. The molecule has 152 valence electrons. The Hall–Kier alpha value is -2.41. The quantitative estimate of drug-likeness (QED) is 0.701. The van der Waals surface area contributed by atoms with E-state index in [9.17, 15) is 4.79 Å². The van der Waals surface area contributed by atoms with Crippen molar-refractivity contribution in [2.45, 2.75) is 46.0 Å². The van der Waals surface area contributed by atoms with Gasteiger partial charge in [0, 0.05) is 23.7 Å². The van der Waals surface area contributed by atoms with Crippen LogP contribution >= 0.6 is 0 Å². The molecule has 3 rings (SSSR count). The van der Waals surface area contributed by atoms with Crippen molar-refractivity contribution in [1.82, 2.24) is 20.4 Å². The summed E-state index contributed by atoms with van der Waals surface area (Å²) in [5.74, 6) is 2.26. The van der Waals surface area contributed by atoms with Crippen molar-refractivity contribution in [2.24, 2.45) is 5.92 Å². The van der Waals surface area contributed by atoms with Crippen molar-refractivity contribution in [3.8, 4) is 11.5 Å². The van der Waals surface area contributed by atoms with E-state index in [0.29, 0.717) is 18.3 Å². The highest BCUT2D eigenvalue weighted by atomic mass is 16.5. The SMILES string of the molecule is CC1CCN(CCCNC(=O)Nc2ccc(-c3nc(C(C)C)no3)cc2)CC1. The number of hydrogen-bond acceptors (Lipinski definition) is 5. The van der Waals surface area contributed by atoms with E-state index in [0.717, 1.165) is 30.1 Å². The molecule has 0 spiro atoms. The Morgan fingerprint density at radius 1 is 1.25 bits per heavy atom. The molecule has 1 aliphatic rings. The highest BCUT2D eigenvalue weighted by Crippen LogP contribution is 2.21. The third-order valence-corrected chi connectivity index (χ3v) is 5.16. The Morgan fingerprint density at radius 3 is 2.61 bits per heavy atom. The van der Waals surface area contributed by atoms with Crippen molar-refractivity contribution in [1.29, 1.82) is 0 Å². The van der Waals surface area contributed by atoms with E-state index in [1.165, 1.54) is 25.9 Å². The van der Waals surface area contributed by atoms with Crippen LogP contribution < -0.4 is 10.6 Å². The Labute approximate surface area is 166 Å². The molecule has 2 aromatic rings. The van der Waals surface area contributed by atoms with Crippen LogP contribution in [0.3, 0.4) is 0 Å². The van der Waals surface area contributed by atoms with Crippen LogP contribution in [0.25, 0.3) is 11.5 Å². The Bertz CT molecular complexity index is 748. The molecule has 0 radical (unpaired) electrons. The summed E-state index contributed by atoms with van der Waals surface area (Å²) in [7, 11) is 0. The second kappa shape index (κ2) is 9.68. The van der Waals surface area contributed by atoms with Gasteiger partial charge < -0.3 is 20.1 Å². The summed E-state index contributed by atoms with van der Waals surface area (Å²) in [6.45, 7) is 10.4. The first-order chi connectivity index (χ1) is 13.5. The normalized spacial score (nSPS) is 15.7. The van der Waals surface area contributed by atoms with Gasteiger partial charge in [0.2, 0.25) is 0 Å². The van der Waals surface area contributed by atoms with Crippen molar-refractivity contribution in [3.05, 3.63) is 30.1 Å². The van der Waals surface area contributed by atoms with Gasteiger partial charge in [-0.15, -0.1) is 0 Å². The smallest absolute Gasteiger partial charge is 0.319 e. The van der Waals surface area contributed by atoms with Gasteiger partial charge in [-0.1, -0.05) is 25.9 Å². The van der Waals surface area contributed by atoms with Gasteiger partial charge in [0.15, 0.2) is 5.82 Å². The second-order valence-electron chi connectivity index (χ2n) is 7.95. The maximum Gasteiger partial charge on any atom is 0.319 e. The fourth-order valence-corrected chi connectivity index (χ4v) is 3.25. The van der Waals surface area contributed by atoms with Gasteiger partial charge in [0.25, 0.3) is 5.89 Å². The lowest BCUT2D eigenvalue weighted by Crippen LogP contribution is -2.36.